The quantitative estimate of drug-likeness (QED) is 0.392. The Labute approximate surface area is 203 Å². The smallest absolute Gasteiger partial charge is 0.416 e. The van der Waals surface area contributed by atoms with E-state index in [1.54, 1.807) is 35.4 Å². The van der Waals surface area contributed by atoms with Crippen LogP contribution >= 0.6 is 0 Å². The van der Waals surface area contributed by atoms with Crippen molar-refractivity contribution in [2.75, 3.05) is 6.54 Å². The van der Waals surface area contributed by atoms with Crippen LogP contribution in [0.5, 0.6) is 5.75 Å². The molecule has 1 amide bonds. The summed E-state index contributed by atoms with van der Waals surface area (Å²) in [6.07, 6.45) is 2.36. The van der Waals surface area contributed by atoms with Gasteiger partial charge in [-0.3, -0.25) is 4.79 Å². The first-order chi connectivity index (χ1) is 16.8. The summed E-state index contributed by atoms with van der Waals surface area (Å²) in [5.41, 5.74) is 3.21. The third-order valence-electron chi connectivity index (χ3n) is 6.35. The lowest BCUT2D eigenvalue weighted by Gasteiger charge is -2.30. The number of carbonyl (C=O) groups is 2. The first-order valence-corrected chi connectivity index (χ1v) is 11.5. The van der Waals surface area contributed by atoms with Crippen molar-refractivity contribution >= 4 is 29.0 Å². The molecule has 0 aliphatic carbocycles. The van der Waals surface area contributed by atoms with E-state index in [0.717, 1.165) is 16.5 Å². The van der Waals surface area contributed by atoms with Crippen LogP contribution in [0.25, 0.3) is 17.0 Å². The highest BCUT2D eigenvalue weighted by Crippen LogP contribution is 2.39. The maximum atomic E-state index is 13.5. The van der Waals surface area contributed by atoms with Gasteiger partial charge in [0, 0.05) is 29.1 Å². The van der Waals surface area contributed by atoms with Gasteiger partial charge in [0.05, 0.1) is 11.2 Å². The van der Waals surface area contributed by atoms with Crippen LogP contribution in [0.4, 0.5) is 4.79 Å². The lowest BCUT2D eigenvalue weighted by atomic mass is 9.82. The molecule has 0 unspecified atom stereocenters. The Morgan fingerprint density at radius 1 is 0.971 bits per heavy atom. The largest absolute Gasteiger partial charge is 0.489 e. The van der Waals surface area contributed by atoms with Gasteiger partial charge in [-0.25, -0.2) is 9.36 Å². The third kappa shape index (κ3) is 4.19. The van der Waals surface area contributed by atoms with E-state index < -0.39 is 11.5 Å². The monoisotopic (exact) mass is 466 g/mol. The van der Waals surface area contributed by atoms with Crippen LogP contribution in [-0.2, 0) is 12.0 Å². The molecule has 4 aromatic rings. The first-order valence-electron chi connectivity index (χ1n) is 11.5. The minimum absolute atomic E-state index is 0.171. The van der Waals surface area contributed by atoms with E-state index in [2.05, 4.69) is 0 Å². The fourth-order valence-corrected chi connectivity index (χ4v) is 4.82. The van der Waals surface area contributed by atoms with E-state index >= 15 is 0 Å². The van der Waals surface area contributed by atoms with Crippen molar-refractivity contribution in [3.8, 4) is 5.75 Å². The summed E-state index contributed by atoms with van der Waals surface area (Å²) < 4.78 is 7.21. The molecule has 1 aromatic heterocycles. The van der Waals surface area contributed by atoms with Crippen LogP contribution < -0.4 is 4.74 Å². The van der Waals surface area contributed by atoms with E-state index in [1.807, 2.05) is 74.5 Å². The predicted molar refractivity (Wildman–Crippen MR) is 136 cm³/mol. The summed E-state index contributed by atoms with van der Waals surface area (Å²) in [7, 11) is 0. The number of para-hydroxylation sites is 1. The minimum Gasteiger partial charge on any atom is -0.489 e. The normalized spacial score (nSPS) is 14.4. The zero-order valence-corrected chi connectivity index (χ0v) is 19.6. The average molecular weight is 467 g/mol. The Morgan fingerprint density at radius 2 is 1.71 bits per heavy atom. The number of ether oxygens (including phenoxy) is 1. The molecule has 0 saturated carbocycles. The highest BCUT2D eigenvalue weighted by Gasteiger charge is 2.35. The van der Waals surface area contributed by atoms with Crippen molar-refractivity contribution in [2.45, 2.75) is 25.9 Å². The van der Waals surface area contributed by atoms with Gasteiger partial charge in [-0.15, -0.1) is 0 Å². The van der Waals surface area contributed by atoms with Crippen LogP contribution in [-0.4, -0.2) is 33.1 Å². The molecule has 0 saturated heterocycles. The van der Waals surface area contributed by atoms with Crippen LogP contribution in [0.15, 0.2) is 85.1 Å². The first kappa shape index (κ1) is 22.5. The Bertz CT molecular complexity index is 1450. The van der Waals surface area contributed by atoms with E-state index in [0.29, 0.717) is 35.7 Å². The van der Waals surface area contributed by atoms with Gasteiger partial charge in [0.25, 0.3) is 5.91 Å². The molecule has 6 nitrogen and oxygen atoms in total. The standard InChI is InChI=1S/C29H26N2O4/c1-29(2)19-30(16-15-25-26(29)23-13-6-7-14-24(23)31(25)28(33)34)27(32)21-11-8-12-22(17-21)35-18-20-9-4-3-5-10-20/h3-17H,18-19H2,1-2H3,(H,33,34). The highest BCUT2D eigenvalue weighted by atomic mass is 16.5. The summed E-state index contributed by atoms with van der Waals surface area (Å²) in [4.78, 5) is 27.3. The lowest BCUT2D eigenvalue weighted by Crippen LogP contribution is -2.36. The summed E-state index contributed by atoms with van der Waals surface area (Å²) in [5.74, 6) is 0.445. The molecule has 0 atom stereocenters. The van der Waals surface area contributed by atoms with Crippen LogP contribution in [0.2, 0.25) is 0 Å². The zero-order chi connectivity index (χ0) is 24.6. The van der Waals surface area contributed by atoms with Gasteiger partial charge in [0.15, 0.2) is 0 Å². The van der Waals surface area contributed by atoms with Crippen molar-refractivity contribution in [3.05, 3.63) is 107 Å². The van der Waals surface area contributed by atoms with Crippen LogP contribution in [0.3, 0.4) is 0 Å². The second kappa shape index (κ2) is 8.80. The molecule has 5 rings (SSSR count). The van der Waals surface area contributed by atoms with Gasteiger partial charge in [0.2, 0.25) is 0 Å². The SMILES string of the molecule is CC1(C)CN(C(=O)c2cccc(OCc3ccccc3)c2)C=Cc2c1c1ccccc1n2C(=O)O. The summed E-state index contributed by atoms with van der Waals surface area (Å²) in [6.45, 7) is 4.89. The summed E-state index contributed by atoms with van der Waals surface area (Å²) in [6, 6.07) is 24.5. The molecule has 0 bridgehead atoms. The number of carbonyl (C=O) groups excluding carboxylic acids is 1. The number of nitrogens with zero attached hydrogens (tertiary/aromatic N) is 2. The Kier molecular flexibility index (Phi) is 5.65. The number of carboxylic acid groups (broad SMARTS) is 1. The van der Waals surface area contributed by atoms with Gasteiger partial charge in [-0.1, -0.05) is 68.4 Å². The Hall–Kier alpha value is -4.32. The van der Waals surface area contributed by atoms with Gasteiger partial charge in [-0.05, 0) is 41.5 Å². The summed E-state index contributed by atoms with van der Waals surface area (Å²) in [5, 5.41) is 10.8. The fraction of sp³-hybridized carbons (Fsp3) is 0.172. The molecule has 35 heavy (non-hydrogen) atoms. The second-order valence-electron chi connectivity index (χ2n) is 9.33. The Morgan fingerprint density at radius 3 is 2.49 bits per heavy atom. The molecule has 1 aliphatic rings. The lowest BCUT2D eigenvalue weighted by molar-refractivity contribution is 0.0801. The predicted octanol–water partition coefficient (Wildman–Crippen LogP) is 6.15. The molecular weight excluding hydrogens is 440 g/mol. The number of rotatable bonds is 4. The maximum Gasteiger partial charge on any atom is 0.416 e. The van der Waals surface area contributed by atoms with Crippen LogP contribution in [0, 0.1) is 0 Å². The zero-order valence-electron chi connectivity index (χ0n) is 19.6. The van der Waals surface area contributed by atoms with E-state index in [4.69, 9.17) is 4.74 Å². The van der Waals surface area contributed by atoms with E-state index in [-0.39, 0.29) is 5.91 Å². The minimum atomic E-state index is -1.05. The number of hydrogen-bond donors (Lipinski definition) is 1. The van der Waals surface area contributed by atoms with Crippen molar-refractivity contribution in [2.24, 2.45) is 0 Å². The number of benzene rings is 3. The molecule has 2 heterocycles. The number of amides is 1. The highest BCUT2D eigenvalue weighted by molar-refractivity contribution is 5.99. The maximum absolute atomic E-state index is 13.5. The molecular formula is C29H26N2O4. The molecule has 1 N–H and O–H groups in total. The molecule has 0 spiro atoms. The molecule has 6 heteroatoms. The van der Waals surface area contributed by atoms with Gasteiger partial charge in [-0.2, -0.15) is 0 Å². The summed E-state index contributed by atoms with van der Waals surface area (Å²) >= 11 is 0. The Balaban J connectivity index is 1.45. The van der Waals surface area contributed by atoms with Crippen molar-refractivity contribution in [1.82, 2.24) is 9.47 Å². The number of aromatic nitrogens is 1. The topological polar surface area (TPSA) is 71.8 Å². The number of fused-ring (bicyclic) bond motifs is 3. The van der Waals surface area contributed by atoms with Crippen molar-refractivity contribution in [1.29, 1.82) is 0 Å². The molecule has 0 radical (unpaired) electrons. The van der Waals surface area contributed by atoms with Gasteiger partial charge < -0.3 is 14.7 Å². The van der Waals surface area contributed by atoms with E-state index in [1.165, 1.54) is 4.57 Å². The van der Waals surface area contributed by atoms with Crippen LogP contribution in [0.1, 0.15) is 41.0 Å². The van der Waals surface area contributed by atoms with Gasteiger partial charge in [0.1, 0.15) is 12.4 Å². The van der Waals surface area contributed by atoms with Crippen molar-refractivity contribution < 1.29 is 19.4 Å². The molecule has 176 valence electrons. The number of hydrogen-bond acceptors (Lipinski definition) is 3. The van der Waals surface area contributed by atoms with E-state index in [9.17, 15) is 14.7 Å². The molecule has 0 fully saturated rings. The fourth-order valence-electron chi connectivity index (χ4n) is 4.82. The van der Waals surface area contributed by atoms with Gasteiger partial charge >= 0.3 is 6.09 Å². The second-order valence-corrected chi connectivity index (χ2v) is 9.33. The average Bonchev–Trinajstić information content (AvgIpc) is 3.14. The molecule has 3 aromatic carbocycles. The van der Waals surface area contributed by atoms with Crippen molar-refractivity contribution in [3.63, 3.8) is 0 Å². The molecule has 1 aliphatic heterocycles. The third-order valence-corrected chi connectivity index (χ3v) is 6.35.